The minimum Gasteiger partial charge on any atom is -0.462 e. The molecule has 328 valence electrons. The molecule has 0 saturated carbocycles. The van der Waals surface area contributed by atoms with Crippen molar-refractivity contribution in [2.24, 2.45) is 5.73 Å². The van der Waals surface area contributed by atoms with E-state index in [1.165, 1.54) is 83.5 Å². The van der Waals surface area contributed by atoms with Crippen LogP contribution in [0.2, 0.25) is 0 Å². The Balaban J connectivity index is 4.24. The van der Waals surface area contributed by atoms with E-state index < -0.39 is 32.5 Å². The summed E-state index contributed by atoms with van der Waals surface area (Å²) in [5.74, 6) is -0.903. The molecule has 0 fully saturated rings. The lowest BCUT2D eigenvalue weighted by Gasteiger charge is -2.19. The van der Waals surface area contributed by atoms with E-state index in [0.29, 0.717) is 12.8 Å². The highest BCUT2D eigenvalue weighted by Gasteiger charge is 2.25. The molecule has 9 nitrogen and oxygen atoms in total. The van der Waals surface area contributed by atoms with E-state index in [4.69, 9.17) is 24.3 Å². The van der Waals surface area contributed by atoms with Gasteiger partial charge in [-0.25, -0.2) is 4.57 Å². The van der Waals surface area contributed by atoms with Gasteiger partial charge in [-0.3, -0.25) is 18.6 Å². The zero-order chi connectivity index (χ0) is 41.8. The van der Waals surface area contributed by atoms with Crippen LogP contribution in [0.15, 0.2) is 72.9 Å². The number of unbranched alkanes of at least 4 members (excludes halogenated alkanes) is 16. The van der Waals surface area contributed by atoms with Crippen LogP contribution in [-0.2, 0) is 32.7 Å². The molecule has 2 unspecified atom stereocenters. The third-order valence-electron chi connectivity index (χ3n) is 9.06. The highest BCUT2D eigenvalue weighted by Crippen LogP contribution is 2.43. The highest BCUT2D eigenvalue weighted by atomic mass is 31.2. The Morgan fingerprint density at radius 3 is 1.40 bits per heavy atom. The van der Waals surface area contributed by atoms with Gasteiger partial charge in [-0.1, -0.05) is 157 Å². The summed E-state index contributed by atoms with van der Waals surface area (Å²) in [5.41, 5.74) is 5.35. The lowest BCUT2D eigenvalue weighted by Crippen LogP contribution is -2.29. The summed E-state index contributed by atoms with van der Waals surface area (Å²) < 4.78 is 32.7. The largest absolute Gasteiger partial charge is 0.472 e. The van der Waals surface area contributed by atoms with Crippen molar-refractivity contribution in [1.29, 1.82) is 0 Å². The second-order valence-electron chi connectivity index (χ2n) is 14.6. The Kier molecular flexibility index (Phi) is 41.1. The Morgan fingerprint density at radius 2 is 0.930 bits per heavy atom. The van der Waals surface area contributed by atoms with Crippen LogP contribution < -0.4 is 5.73 Å². The van der Waals surface area contributed by atoms with Crippen LogP contribution in [0.3, 0.4) is 0 Å². The van der Waals surface area contributed by atoms with Crippen LogP contribution in [-0.4, -0.2) is 49.3 Å². The maximum Gasteiger partial charge on any atom is 0.472 e. The summed E-state index contributed by atoms with van der Waals surface area (Å²) in [6.07, 6.45) is 52.2. The molecule has 0 amide bonds. The van der Waals surface area contributed by atoms with Crippen molar-refractivity contribution in [3.63, 3.8) is 0 Å². The SMILES string of the molecule is CCCCCC=CCC=CCC=CCC=CCCCC(=O)OCC(COP(=O)(O)OCCN)OC(=O)CCCCCCCCCCCC=CCC=CCCCCC. The molecule has 0 bridgehead atoms. The summed E-state index contributed by atoms with van der Waals surface area (Å²) >= 11 is 0. The molecule has 0 aliphatic rings. The van der Waals surface area contributed by atoms with Gasteiger partial charge in [0.25, 0.3) is 0 Å². The maximum absolute atomic E-state index is 12.6. The fourth-order valence-electron chi connectivity index (χ4n) is 5.71. The van der Waals surface area contributed by atoms with Gasteiger partial charge in [0, 0.05) is 19.4 Å². The summed E-state index contributed by atoms with van der Waals surface area (Å²) in [6.45, 7) is 3.60. The van der Waals surface area contributed by atoms with E-state index in [1.54, 1.807) is 0 Å². The Hall–Kier alpha value is -2.55. The number of hydrogen-bond acceptors (Lipinski definition) is 8. The number of allylic oxidation sites excluding steroid dienone is 12. The van der Waals surface area contributed by atoms with Gasteiger partial charge in [-0.2, -0.15) is 0 Å². The number of phosphoric acid groups is 1. The number of hydrogen-bond donors (Lipinski definition) is 2. The molecule has 0 aromatic heterocycles. The lowest BCUT2D eigenvalue weighted by atomic mass is 10.1. The van der Waals surface area contributed by atoms with Crippen molar-refractivity contribution >= 4 is 19.8 Å². The second kappa shape index (κ2) is 43.0. The Morgan fingerprint density at radius 1 is 0.526 bits per heavy atom. The third-order valence-corrected chi connectivity index (χ3v) is 10.0. The van der Waals surface area contributed by atoms with Gasteiger partial charge in [0.2, 0.25) is 0 Å². The van der Waals surface area contributed by atoms with Gasteiger partial charge in [-0.05, 0) is 83.5 Å². The van der Waals surface area contributed by atoms with Crippen LogP contribution in [0.1, 0.15) is 181 Å². The first-order chi connectivity index (χ1) is 27.8. The van der Waals surface area contributed by atoms with Crippen molar-refractivity contribution in [3.8, 4) is 0 Å². The van der Waals surface area contributed by atoms with E-state index in [-0.39, 0.29) is 32.6 Å². The smallest absolute Gasteiger partial charge is 0.462 e. The molecular weight excluding hydrogens is 737 g/mol. The quantitative estimate of drug-likeness (QED) is 0.0267. The van der Waals surface area contributed by atoms with Crippen molar-refractivity contribution in [1.82, 2.24) is 0 Å². The van der Waals surface area contributed by atoms with Gasteiger partial charge in [0.05, 0.1) is 13.2 Å². The van der Waals surface area contributed by atoms with Crippen LogP contribution >= 0.6 is 7.82 Å². The van der Waals surface area contributed by atoms with E-state index in [2.05, 4.69) is 80.7 Å². The van der Waals surface area contributed by atoms with E-state index in [0.717, 1.165) is 57.8 Å². The molecule has 0 spiro atoms. The van der Waals surface area contributed by atoms with Crippen LogP contribution in [0, 0.1) is 0 Å². The first kappa shape index (κ1) is 54.5. The molecule has 3 N–H and O–H groups in total. The molecule has 0 saturated heterocycles. The summed E-state index contributed by atoms with van der Waals surface area (Å²) in [5, 5.41) is 0. The zero-order valence-electron chi connectivity index (χ0n) is 36.0. The van der Waals surface area contributed by atoms with Gasteiger partial charge in [0.1, 0.15) is 6.61 Å². The molecule has 0 aliphatic carbocycles. The highest BCUT2D eigenvalue weighted by molar-refractivity contribution is 7.47. The predicted molar refractivity (Wildman–Crippen MR) is 238 cm³/mol. The first-order valence-corrected chi connectivity index (χ1v) is 23.9. The molecule has 0 aromatic carbocycles. The van der Waals surface area contributed by atoms with Crippen LogP contribution in [0.4, 0.5) is 0 Å². The van der Waals surface area contributed by atoms with Gasteiger partial charge >= 0.3 is 19.8 Å². The first-order valence-electron chi connectivity index (χ1n) is 22.4. The average molecular weight is 820 g/mol. The normalized spacial score (nSPS) is 14.0. The minimum atomic E-state index is -4.39. The fourth-order valence-corrected chi connectivity index (χ4v) is 6.48. The van der Waals surface area contributed by atoms with Crippen LogP contribution in [0.25, 0.3) is 0 Å². The monoisotopic (exact) mass is 820 g/mol. The molecule has 0 radical (unpaired) electrons. The number of carbonyl (C=O) groups excluding carboxylic acids is 2. The minimum absolute atomic E-state index is 0.0422. The van der Waals surface area contributed by atoms with E-state index in [9.17, 15) is 19.0 Å². The fraction of sp³-hybridized carbons (Fsp3) is 0.702. The van der Waals surface area contributed by atoms with E-state index >= 15 is 0 Å². The molecule has 0 aliphatic heterocycles. The number of esters is 2. The summed E-state index contributed by atoms with van der Waals surface area (Å²) in [6, 6.07) is 0. The molecular formula is C47H82NO8P. The molecule has 2 atom stereocenters. The maximum atomic E-state index is 12.6. The molecule has 0 heterocycles. The van der Waals surface area contributed by atoms with Gasteiger partial charge < -0.3 is 20.1 Å². The van der Waals surface area contributed by atoms with Crippen molar-refractivity contribution in [3.05, 3.63) is 72.9 Å². The van der Waals surface area contributed by atoms with Crippen LogP contribution in [0.5, 0.6) is 0 Å². The van der Waals surface area contributed by atoms with Crippen molar-refractivity contribution in [2.75, 3.05) is 26.4 Å². The average Bonchev–Trinajstić information content (AvgIpc) is 3.20. The topological polar surface area (TPSA) is 134 Å². The third kappa shape index (κ3) is 42.9. The Labute approximate surface area is 348 Å². The lowest BCUT2D eigenvalue weighted by molar-refractivity contribution is -0.161. The number of ether oxygens (including phenoxy) is 2. The number of carbonyl (C=O) groups is 2. The van der Waals surface area contributed by atoms with Crippen molar-refractivity contribution in [2.45, 2.75) is 187 Å². The number of phosphoric ester groups is 1. The van der Waals surface area contributed by atoms with Crippen molar-refractivity contribution < 1.29 is 37.6 Å². The Bertz CT molecular complexity index is 1160. The standard InChI is InChI=1S/C47H82NO8P/c1-3-5-7-9-11-13-15-17-19-21-22-24-26-28-30-32-34-36-38-40-47(50)56-45(44-55-57(51,52)54-42-41-48)43-53-46(49)39-37-35-33-31-29-27-25-23-20-18-16-14-12-10-8-6-4-2/h11-14,17-20,25,27,31,33,45H,3-10,15-16,21-24,26,28-30,32,34-44,48H2,1-2H3,(H,51,52). The number of rotatable bonds is 41. The molecule has 10 heteroatoms. The summed E-state index contributed by atoms with van der Waals surface area (Å²) in [4.78, 5) is 34.9. The number of nitrogens with two attached hydrogens (primary N) is 1. The molecule has 0 aromatic rings. The van der Waals surface area contributed by atoms with Gasteiger partial charge in [0.15, 0.2) is 6.10 Å². The molecule has 57 heavy (non-hydrogen) atoms. The summed E-state index contributed by atoms with van der Waals surface area (Å²) in [7, 11) is -4.39. The second-order valence-corrected chi connectivity index (χ2v) is 16.0. The predicted octanol–water partition coefficient (Wildman–Crippen LogP) is 13.1. The van der Waals surface area contributed by atoms with Gasteiger partial charge in [-0.15, -0.1) is 0 Å². The molecule has 0 rings (SSSR count). The zero-order valence-corrected chi connectivity index (χ0v) is 36.9. The van der Waals surface area contributed by atoms with E-state index in [1.807, 2.05) is 6.08 Å².